The molecule has 0 bridgehead atoms. The molecule has 8 heteroatoms. The van der Waals surface area contributed by atoms with E-state index in [1.165, 1.54) is 16.4 Å². The summed E-state index contributed by atoms with van der Waals surface area (Å²) < 4.78 is 19.1. The first-order valence-electron chi connectivity index (χ1n) is 14.7. The van der Waals surface area contributed by atoms with E-state index in [1.807, 2.05) is 127 Å². The molecule has 0 saturated heterocycles. The third-order valence-corrected chi connectivity index (χ3v) is 8.04. The van der Waals surface area contributed by atoms with Crippen LogP contribution in [0, 0.1) is 0 Å². The summed E-state index contributed by atoms with van der Waals surface area (Å²) in [6.45, 7) is 1.06. The van der Waals surface area contributed by atoms with Crippen LogP contribution >= 0.6 is 11.3 Å². The molecule has 5 aromatic rings. The number of rotatable bonds is 17. The lowest BCUT2D eigenvalue weighted by molar-refractivity contribution is -0.220. The molecule has 0 amide bonds. The molecule has 44 heavy (non-hydrogen) atoms. The average Bonchev–Trinajstić information content (AvgIpc) is 3.60. The maximum atomic E-state index is 11.7. The molecule has 2 N–H and O–H groups in total. The molecular formula is C36H38N2O5S. The number of thiazole rings is 1. The Balaban J connectivity index is 1.46. The van der Waals surface area contributed by atoms with Crippen LogP contribution < -0.4 is 0 Å². The molecule has 1 heterocycles. The van der Waals surface area contributed by atoms with Gasteiger partial charge in [0.25, 0.3) is 0 Å². The van der Waals surface area contributed by atoms with Gasteiger partial charge >= 0.3 is 0 Å². The fourth-order valence-corrected chi connectivity index (χ4v) is 5.76. The van der Waals surface area contributed by atoms with E-state index in [2.05, 4.69) is 4.98 Å². The molecule has 0 radical (unpaired) electrons. The van der Waals surface area contributed by atoms with Crippen molar-refractivity contribution in [2.45, 2.75) is 50.7 Å². The van der Waals surface area contributed by atoms with E-state index in [9.17, 15) is 10.3 Å². The Labute approximate surface area is 262 Å². The smallest absolute Gasteiger partial charge is 0.116 e. The molecule has 0 aliphatic heterocycles. The Morgan fingerprint density at radius 3 is 1.61 bits per heavy atom. The number of nitrogens with zero attached hydrogens (tertiary/aromatic N) is 2. The van der Waals surface area contributed by atoms with Crippen LogP contribution in [0.5, 0.6) is 0 Å². The zero-order chi connectivity index (χ0) is 30.4. The van der Waals surface area contributed by atoms with E-state index in [-0.39, 0.29) is 26.4 Å². The van der Waals surface area contributed by atoms with E-state index in [1.54, 1.807) is 6.20 Å². The minimum absolute atomic E-state index is 0.00819. The average molecular weight is 611 g/mol. The van der Waals surface area contributed by atoms with Gasteiger partial charge in [-0.1, -0.05) is 121 Å². The third kappa shape index (κ3) is 9.38. The Morgan fingerprint density at radius 1 is 0.636 bits per heavy atom. The highest BCUT2D eigenvalue weighted by Crippen LogP contribution is 2.33. The predicted molar refractivity (Wildman–Crippen MR) is 171 cm³/mol. The van der Waals surface area contributed by atoms with E-state index in [0.717, 1.165) is 22.3 Å². The van der Waals surface area contributed by atoms with Crippen LogP contribution in [0.3, 0.4) is 0 Å². The first-order valence-corrected chi connectivity index (χ1v) is 15.5. The van der Waals surface area contributed by atoms with Crippen LogP contribution in [0.1, 0.15) is 33.3 Å². The monoisotopic (exact) mass is 610 g/mol. The van der Waals surface area contributed by atoms with Crippen molar-refractivity contribution in [1.29, 1.82) is 0 Å². The molecule has 4 atom stereocenters. The van der Waals surface area contributed by atoms with E-state index in [0.29, 0.717) is 11.6 Å². The summed E-state index contributed by atoms with van der Waals surface area (Å²) in [5.41, 5.74) is 3.84. The van der Waals surface area contributed by atoms with Gasteiger partial charge in [-0.25, -0.2) is 4.98 Å². The first kappa shape index (κ1) is 31.7. The van der Waals surface area contributed by atoms with Gasteiger partial charge < -0.3 is 24.5 Å². The molecule has 5 rings (SSSR count). The summed E-state index contributed by atoms with van der Waals surface area (Å²) in [5, 5.41) is 27.1. The second kappa shape index (κ2) is 16.9. The maximum Gasteiger partial charge on any atom is 0.116 e. The number of hydroxylamine groups is 2. The molecule has 0 aliphatic rings. The van der Waals surface area contributed by atoms with E-state index >= 15 is 0 Å². The molecule has 7 nitrogen and oxygen atoms in total. The summed E-state index contributed by atoms with van der Waals surface area (Å²) in [4.78, 5) is 4.59. The Kier molecular flexibility index (Phi) is 12.2. The fraction of sp³-hybridized carbons (Fsp3) is 0.250. The summed E-state index contributed by atoms with van der Waals surface area (Å²) in [7, 11) is 0. The van der Waals surface area contributed by atoms with Gasteiger partial charge in [-0.05, 0) is 22.3 Å². The van der Waals surface area contributed by atoms with Gasteiger partial charge in [0.05, 0.1) is 26.4 Å². The Morgan fingerprint density at radius 2 is 1.11 bits per heavy atom. The number of hydrogen-bond acceptors (Lipinski definition) is 8. The zero-order valence-electron chi connectivity index (χ0n) is 24.5. The van der Waals surface area contributed by atoms with Gasteiger partial charge in [0.15, 0.2) is 0 Å². The van der Waals surface area contributed by atoms with Crippen molar-refractivity contribution in [3.8, 4) is 0 Å². The molecule has 228 valence electrons. The lowest BCUT2D eigenvalue weighted by atomic mass is 9.99. The normalized spacial score (nSPS) is 14.2. The number of hydrogen-bond donors (Lipinski definition) is 2. The van der Waals surface area contributed by atoms with Crippen molar-refractivity contribution in [1.82, 2.24) is 10.0 Å². The van der Waals surface area contributed by atoms with Crippen molar-refractivity contribution < 1.29 is 24.5 Å². The Hall–Kier alpha value is -3.73. The zero-order valence-corrected chi connectivity index (χ0v) is 25.3. The van der Waals surface area contributed by atoms with Crippen LogP contribution in [0.4, 0.5) is 0 Å². The van der Waals surface area contributed by atoms with E-state index in [4.69, 9.17) is 14.2 Å². The summed E-state index contributed by atoms with van der Waals surface area (Å²) in [5.74, 6) is 0. The predicted octanol–water partition coefficient (Wildman–Crippen LogP) is 6.82. The van der Waals surface area contributed by atoms with Crippen molar-refractivity contribution in [2.24, 2.45) is 0 Å². The second-order valence-corrected chi connectivity index (χ2v) is 11.4. The van der Waals surface area contributed by atoms with Crippen LogP contribution in [0.2, 0.25) is 0 Å². The third-order valence-electron chi connectivity index (χ3n) is 7.20. The number of aromatic nitrogens is 1. The minimum atomic E-state index is -1.07. The van der Waals surface area contributed by atoms with Gasteiger partial charge in [0.2, 0.25) is 0 Å². The van der Waals surface area contributed by atoms with Gasteiger partial charge in [-0.3, -0.25) is 0 Å². The number of aliphatic hydroxyl groups is 1. The minimum Gasteiger partial charge on any atom is -0.388 e. The molecule has 0 unspecified atom stereocenters. The lowest BCUT2D eigenvalue weighted by Gasteiger charge is -2.38. The Bertz CT molecular complexity index is 1460. The fourth-order valence-electron chi connectivity index (χ4n) is 4.98. The number of ether oxygens (including phenoxy) is 3. The highest BCUT2D eigenvalue weighted by molar-refractivity contribution is 7.09. The molecule has 1 aromatic heterocycles. The van der Waals surface area contributed by atoms with Gasteiger partial charge in [0, 0.05) is 18.1 Å². The molecule has 0 spiro atoms. The standard InChI is InChI=1S/C36H38N2O5S/c39-32(27-41-24-29-15-7-2-8-16-29)34(42-25-30-17-9-3-10-18-30)35(43-26-31-19-11-4-12-20-31)33(36-37-21-22-44-36)38(40)23-28-13-5-1-6-14-28/h1-22,32-35,39-40H,23-27H2/t32-,33+,34+,35+/m0/s1. The van der Waals surface area contributed by atoms with Crippen LogP contribution in [0.25, 0.3) is 0 Å². The molecule has 0 aliphatic carbocycles. The topological polar surface area (TPSA) is 84.3 Å². The van der Waals surface area contributed by atoms with Crippen molar-refractivity contribution in [3.63, 3.8) is 0 Å². The van der Waals surface area contributed by atoms with Crippen LogP contribution in [-0.2, 0) is 40.6 Å². The SMILES string of the molecule is O[C@@H](COCc1ccccc1)[C@@H](OCc1ccccc1)[C@H](OCc1ccccc1)[C@H](c1nccs1)N(O)Cc1ccccc1. The molecule has 0 saturated carbocycles. The summed E-state index contributed by atoms with van der Waals surface area (Å²) in [6.07, 6.45) is -1.07. The lowest BCUT2D eigenvalue weighted by Crippen LogP contribution is -2.50. The van der Waals surface area contributed by atoms with Gasteiger partial charge in [0.1, 0.15) is 29.4 Å². The maximum absolute atomic E-state index is 11.7. The quantitative estimate of drug-likeness (QED) is 0.112. The van der Waals surface area contributed by atoms with Gasteiger partial charge in [-0.15, -0.1) is 11.3 Å². The first-order chi connectivity index (χ1) is 21.7. The summed E-state index contributed by atoms with van der Waals surface area (Å²) >= 11 is 1.42. The largest absolute Gasteiger partial charge is 0.388 e. The second-order valence-electron chi connectivity index (χ2n) is 10.5. The van der Waals surface area contributed by atoms with Crippen molar-refractivity contribution in [2.75, 3.05) is 6.61 Å². The van der Waals surface area contributed by atoms with Crippen molar-refractivity contribution >= 4 is 11.3 Å². The molecule has 4 aromatic carbocycles. The molecular weight excluding hydrogens is 572 g/mol. The molecule has 0 fully saturated rings. The highest BCUT2D eigenvalue weighted by Gasteiger charge is 2.41. The van der Waals surface area contributed by atoms with Crippen LogP contribution in [-0.4, -0.2) is 45.3 Å². The van der Waals surface area contributed by atoms with Crippen molar-refractivity contribution in [3.05, 3.63) is 160 Å². The summed E-state index contributed by atoms with van der Waals surface area (Å²) in [6, 6.07) is 38.4. The number of aliphatic hydroxyl groups excluding tert-OH is 1. The number of benzene rings is 4. The van der Waals surface area contributed by atoms with E-state index < -0.39 is 24.4 Å². The van der Waals surface area contributed by atoms with Crippen LogP contribution in [0.15, 0.2) is 133 Å². The van der Waals surface area contributed by atoms with Gasteiger partial charge in [-0.2, -0.15) is 5.06 Å². The highest BCUT2D eigenvalue weighted by atomic mass is 32.1.